The van der Waals surface area contributed by atoms with Crippen LogP contribution in [0.25, 0.3) is 0 Å². The van der Waals surface area contributed by atoms with Crippen LogP contribution in [0.1, 0.15) is 10.4 Å². The van der Waals surface area contributed by atoms with Crippen LogP contribution < -0.4 is 10.1 Å². The average molecular weight is 312 g/mol. The van der Waals surface area contributed by atoms with Crippen LogP contribution in [-0.2, 0) is 6.54 Å². The molecule has 0 aliphatic rings. The Morgan fingerprint density at radius 1 is 1.35 bits per heavy atom. The van der Waals surface area contributed by atoms with Crippen LogP contribution >= 0.6 is 22.9 Å². The zero-order valence-corrected chi connectivity index (χ0v) is 12.9. The molecule has 0 saturated carbocycles. The maximum absolute atomic E-state index is 9.87. The zero-order valence-electron chi connectivity index (χ0n) is 11.3. The largest absolute Gasteiger partial charge is 0.489 e. The molecule has 1 aromatic carbocycles. The quantitative estimate of drug-likeness (QED) is 0.825. The summed E-state index contributed by atoms with van der Waals surface area (Å²) in [6.07, 6.45) is -0.563. The first-order chi connectivity index (χ1) is 9.66. The Kier molecular flexibility index (Phi) is 5.86. The van der Waals surface area contributed by atoms with Gasteiger partial charge in [-0.25, -0.2) is 0 Å². The van der Waals surface area contributed by atoms with E-state index in [9.17, 15) is 5.11 Å². The fourth-order valence-electron chi connectivity index (χ4n) is 1.74. The number of hydrogen-bond acceptors (Lipinski definition) is 4. The summed E-state index contributed by atoms with van der Waals surface area (Å²) >= 11 is 7.70. The number of aryl methyl sites for hydroxylation is 1. The van der Waals surface area contributed by atoms with E-state index < -0.39 is 6.10 Å². The number of aliphatic hydroxyl groups is 1. The number of nitrogens with one attached hydrogen (secondary N) is 1. The van der Waals surface area contributed by atoms with Gasteiger partial charge in [0.25, 0.3) is 0 Å². The lowest BCUT2D eigenvalue weighted by Crippen LogP contribution is -2.31. The molecule has 1 unspecified atom stereocenters. The van der Waals surface area contributed by atoms with Crippen LogP contribution in [0, 0.1) is 6.92 Å². The number of thiophene rings is 1. The molecule has 0 aliphatic carbocycles. The number of halogens is 1. The highest BCUT2D eigenvalue weighted by Gasteiger charge is 2.07. The molecule has 0 aliphatic heterocycles. The van der Waals surface area contributed by atoms with Gasteiger partial charge < -0.3 is 15.2 Å². The van der Waals surface area contributed by atoms with Gasteiger partial charge in [-0.1, -0.05) is 23.7 Å². The summed E-state index contributed by atoms with van der Waals surface area (Å²) in [6, 6.07) is 9.35. The van der Waals surface area contributed by atoms with Crippen LogP contribution in [0.3, 0.4) is 0 Å². The number of rotatable bonds is 7. The van der Waals surface area contributed by atoms with Gasteiger partial charge in [-0.15, -0.1) is 11.3 Å². The number of aliphatic hydroxyl groups excluding tert-OH is 1. The van der Waals surface area contributed by atoms with Crippen molar-refractivity contribution in [3.05, 3.63) is 51.2 Å². The zero-order chi connectivity index (χ0) is 14.4. The normalized spacial score (nSPS) is 12.3. The lowest BCUT2D eigenvalue weighted by molar-refractivity contribution is 0.106. The third-order valence-corrected chi connectivity index (χ3v) is 4.24. The predicted octanol–water partition coefficient (Wildman–Crippen LogP) is 3.24. The third kappa shape index (κ3) is 4.49. The summed E-state index contributed by atoms with van der Waals surface area (Å²) in [5.74, 6) is 0.599. The van der Waals surface area contributed by atoms with E-state index in [1.54, 1.807) is 23.5 Å². The maximum atomic E-state index is 9.87. The first kappa shape index (κ1) is 15.3. The van der Waals surface area contributed by atoms with Crippen LogP contribution in [0.2, 0.25) is 5.02 Å². The molecule has 5 heteroatoms. The topological polar surface area (TPSA) is 41.5 Å². The summed E-state index contributed by atoms with van der Waals surface area (Å²) in [6.45, 7) is 3.57. The predicted molar refractivity (Wildman–Crippen MR) is 83.7 cm³/mol. The minimum absolute atomic E-state index is 0.222. The molecular formula is C15H18ClNO2S. The van der Waals surface area contributed by atoms with Crippen molar-refractivity contribution in [3.8, 4) is 5.75 Å². The van der Waals surface area contributed by atoms with Crippen LogP contribution in [0.5, 0.6) is 5.75 Å². The maximum Gasteiger partial charge on any atom is 0.138 e. The van der Waals surface area contributed by atoms with E-state index >= 15 is 0 Å². The second kappa shape index (κ2) is 7.64. The third-order valence-electron chi connectivity index (χ3n) is 2.90. The van der Waals surface area contributed by atoms with E-state index in [2.05, 4.69) is 23.7 Å². The molecule has 0 fully saturated rings. The van der Waals surface area contributed by atoms with Gasteiger partial charge in [-0.3, -0.25) is 0 Å². The van der Waals surface area contributed by atoms with Crippen LogP contribution in [-0.4, -0.2) is 24.4 Å². The molecule has 3 nitrogen and oxygen atoms in total. The van der Waals surface area contributed by atoms with Gasteiger partial charge in [0, 0.05) is 18.0 Å². The molecule has 1 aromatic heterocycles. The second-order valence-corrected chi connectivity index (χ2v) is 5.96. The van der Waals surface area contributed by atoms with Gasteiger partial charge in [0.05, 0.1) is 5.02 Å². The Morgan fingerprint density at radius 3 is 2.85 bits per heavy atom. The van der Waals surface area contributed by atoms with Crippen molar-refractivity contribution >= 4 is 22.9 Å². The number of benzene rings is 1. The molecule has 2 N–H and O–H groups in total. The first-order valence-corrected chi connectivity index (χ1v) is 7.71. The lowest BCUT2D eigenvalue weighted by atomic mass is 10.3. The minimum atomic E-state index is -0.563. The molecule has 0 amide bonds. The van der Waals surface area contributed by atoms with Gasteiger partial charge in [-0.05, 0) is 36.1 Å². The van der Waals surface area contributed by atoms with Crippen molar-refractivity contribution in [1.29, 1.82) is 0 Å². The van der Waals surface area contributed by atoms with E-state index in [1.165, 1.54) is 10.4 Å². The fraction of sp³-hybridized carbons (Fsp3) is 0.333. The summed E-state index contributed by atoms with van der Waals surface area (Å²) in [5, 5.41) is 15.7. The van der Waals surface area contributed by atoms with Crippen molar-refractivity contribution in [2.24, 2.45) is 0 Å². The molecule has 0 bridgehead atoms. The summed E-state index contributed by atoms with van der Waals surface area (Å²) in [5.41, 5.74) is 1.28. The van der Waals surface area contributed by atoms with Crippen LogP contribution in [0.15, 0.2) is 35.7 Å². The average Bonchev–Trinajstić information content (AvgIpc) is 2.84. The van der Waals surface area contributed by atoms with Gasteiger partial charge in [0.2, 0.25) is 0 Å². The molecule has 0 spiro atoms. The van der Waals surface area contributed by atoms with E-state index in [4.69, 9.17) is 16.3 Å². The van der Waals surface area contributed by atoms with Gasteiger partial charge in [-0.2, -0.15) is 0 Å². The van der Waals surface area contributed by atoms with Crippen molar-refractivity contribution < 1.29 is 9.84 Å². The Morgan fingerprint density at radius 2 is 2.15 bits per heavy atom. The monoisotopic (exact) mass is 311 g/mol. The summed E-state index contributed by atoms with van der Waals surface area (Å²) in [4.78, 5) is 1.30. The standard InChI is InChI=1S/C15H18ClNO2S/c1-11-6-7-20-15(11)9-17-8-12(18)10-19-14-5-3-2-4-13(14)16/h2-7,12,17-18H,8-10H2,1H3. The number of hydrogen-bond donors (Lipinski definition) is 2. The molecule has 20 heavy (non-hydrogen) atoms. The molecular weight excluding hydrogens is 294 g/mol. The van der Waals surface area contributed by atoms with Gasteiger partial charge in [0.1, 0.15) is 18.5 Å². The van der Waals surface area contributed by atoms with Crippen molar-refractivity contribution in [2.75, 3.05) is 13.2 Å². The van der Waals surface area contributed by atoms with E-state index in [0.717, 1.165) is 6.54 Å². The molecule has 2 rings (SSSR count). The molecule has 108 valence electrons. The highest BCUT2D eigenvalue weighted by molar-refractivity contribution is 7.10. The molecule has 0 radical (unpaired) electrons. The van der Waals surface area contributed by atoms with E-state index in [-0.39, 0.29) is 6.61 Å². The Bertz CT molecular complexity index is 544. The van der Waals surface area contributed by atoms with Crippen molar-refractivity contribution in [1.82, 2.24) is 5.32 Å². The second-order valence-electron chi connectivity index (χ2n) is 4.55. The smallest absolute Gasteiger partial charge is 0.138 e. The van der Waals surface area contributed by atoms with Gasteiger partial charge >= 0.3 is 0 Å². The highest BCUT2D eigenvalue weighted by Crippen LogP contribution is 2.23. The van der Waals surface area contributed by atoms with Crippen molar-refractivity contribution in [2.45, 2.75) is 19.6 Å². The highest BCUT2D eigenvalue weighted by atomic mass is 35.5. The van der Waals surface area contributed by atoms with Crippen molar-refractivity contribution in [3.63, 3.8) is 0 Å². The molecule has 0 saturated heterocycles. The number of para-hydroxylation sites is 1. The Labute approximate surface area is 128 Å². The van der Waals surface area contributed by atoms with Gasteiger partial charge in [0.15, 0.2) is 0 Å². The first-order valence-electron chi connectivity index (χ1n) is 6.46. The fourth-order valence-corrected chi connectivity index (χ4v) is 2.81. The molecule has 1 heterocycles. The van der Waals surface area contributed by atoms with E-state index in [1.807, 2.05) is 12.1 Å². The SMILES string of the molecule is Cc1ccsc1CNCC(O)COc1ccccc1Cl. The van der Waals surface area contributed by atoms with Crippen LogP contribution in [0.4, 0.5) is 0 Å². The summed E-state index contributed by atoms with van der Waals surface area (Å²) < 4.78 is 5.49. The summed E-state index contributed by atoms with van der Waals surface area (Å²) in [7, 11) is 0. The lowest BCUT2D eigenvalue weighted by Gasteiger charge is -2.14. The number of ether oxygens (including phenoxy) is 1. The van der Waals surface area contributed by atoms with E-state index in [0.29, 0.717) is 17.3 Å². The Balaban J connectivity index is 1.69. The molecule has 1 atom stereocenters. The molecule has 2 aromatic rings. The minimum Gasteiger partial charge on any atom is -0.489 e. The Hall–Kier alpha value is -1.07.